The minimum atomic E-state index is -1.18. The lowest BCUT2D eigenvalue weighted by Crippen LogP contribution is -2.58. The Balaban J connectivity index is 2.28. The molecule has 0 spiro atoms. The molecule has 238 valence electrons. The summed E-state index contributed by atoms with van der Waals surface area (Å²) in [4.78, 5) is 81.5. The Bertz CT molecular complexity index is 1140. The van der Waals surface area contributed by atoms with Crippen molar-refractivity contribution in [3.63, 3.8) is 0 Å². The zero-order valence-corrected chi connectivity index (χ0v) is 25.6. The zero-order valence-electron chi connectivity index (χ0n) is 24.8. The monoisotopic (exact) mass is 621 g/mol. The van der Waals surface area contributed by atoms with Crippen molar-refractivity contribution in [2.45, 2.75) is 89.9 Å². The molecule has 2 rings (SSSR count). The maximum atomic E-state index is 13.6. The molecule has 0 radical (unpaired) electrons. The van der Waals surface area contributed by atoms with E-state index in [9.17, 15) is 28.8 Å². The summed E-state index contributed by atoms with van der Waals surface area (Å²) in [6.07, 6.45) is 3.24. The number of Topliss-reactive ketones (excluding diaryl/α,β-unsaturated/α-hetero) is 1. The number of hydrogen-bond acceptors (Lipinski definition) is 9. The second-order valence-corrected chi connectivity index (χ2v) is 11.7. The second kappa shape index (κ2) is 17.8. The van der Waals surface area contributed by atoms with E-state index in [-0.39, 0.29) is 54.9 Å². The van der Waals surface area contributed by atoms with Crippen LogP contribution < -0.4 is 37.6 Å². The number of hydrogen-bond donors (Lipinski definition) is 8. The second-order valence-electron chi connectivity index (χ2n) is 10.8. The summed E-state index contributed by atoms with van der Waals surface area (Å²) in [5, 5.41) is 25.2. The molecule has 0 saturated carbocycles. The van der Waals surface area contributed by atoms with Gasteiger partial charge in [0.15, 0.2) is 11.0 Å². The predicted molar refractivity (Wildman–Crippen MR) is 160 cm³/mol. The van der Waals surface area contributed by atoms with Gasteiger partial charge in [0.25, 0.3) is 0 Å². The molecule has 15 nitrogen and oxygen atoms in total. The van der Waals surface area contributed by atoms with Gasteiger partial charge in [-0.2, -0.15) is 0 Å². The van der Waals surface area contributed by atoms with Crippen LogP contribution in [0.4, 0.5) is 0 Å². The summed E-state index contributed by atoms with van der Waals surface area (Å²) in [5.41, 5.74) is 5.33. The minimum Gasteiger partial charge on any atom is -0.370 e. The largest absolute Gasteiger partial charge is 0.370 e. The van der Waals surface area contributed by atoms with Gasteiger partial charge in [0.1, 0.15) is 18.1 Å². The van der Waals surface area contributed by atoms with Crippen LogP contribution in [-0.4, -0.2) is 83.5 Å². The molecule has 4 atom stereocenters. The highest BCUT2D eigenvalue weighted by Gasteiger charge is 2.32. The normalized spacial score (nSPS) is 20.9. The van der Waals surface area contributed by atoms with Gasteiger partial charge in [-0.1, -0.05) is 13.8 Å². The third kappa shape index (κ3) is 12.8. The molecule has 2 heterocycles. The smallest absolute Gasteiger partial charge is 0.243 e. The van der Waals surface area contributed by atoms with Gasteiger partial charge in [-0.3, -0.25) is 34.2 Å². The Hall–Kier alpha value is -4.08. The molecular formula is C27H43N9O6S. The molecule has 1 fully saturated rings. The SMILES string of the molecule is CC(=O)N[C@H]1CC(=O)NCCCC[C@@H](C(=O)N[C@@H](CCCNC(=N)N)C(=O)c2nccs2)NC(=O)[C@H](CC(C)C)NC1=O. The Morgan fingerprint density at radius 1 is 1.16 bits per heavy atom. The third-order valence-electron chi connectivity index (χ3n) is 6.56. The van der Waals surface area contributed by atoms with Crippen molar-refractivity contribution < 1.29 is 28.8 Å². The number of nitrogens with two attached hydrogens (primary N) is 1. The molecule has 5 amide bonds. The van der Waals surface area contributed by atoms with Crippen LogP contribution in [0.1, 0.15) is 75.5 Å². The van der Waals surface area contributed by atoms with Crippen molar-refractivity contribution in [2.75, 3.05) is 13.1 Å². The maximum absolute atomic E-state index is 13.6. The first-order valence-electron chi connectivity index (χ1n) is 14.3. The van der Waals surface area contributed by atoms with Crippen LogP contribution in [0, 0.1) is 11.3 Å². The van der Waals surface area contributed by atoms with Gasteiger partial charge in [0.05, 0.1) is 12.5 Å². The molecule has 0 aliphatic carbocycles. The Labute approximate surface area is 254 Å². The number of amides is 5. The Morgan fingerprint density at radius 2 is 1.91 bits per heavy atom. The molecule has 0 aromatic carbocycles. The Morgan fingerprint density at radius 3 is 2.53 bits per heavy atom. The quantitative estimate of drug-likeness (QED) is 0.0673. The van der Waals surface area contributed by atoms with Crippen LogP contribution in [0.3, 0.4) is 0 Å². The lowest BCUT2D eigenvalue weighted by Gasteiger charge is -2.27. The molecule has 16 heteroatoms. The van der Waals surface area contributed by atoms with Gasteiger partial charge in [-0.15, -0.1) is 11.3 Å². The van der Waals surface area contributed by atoms with E-state index in [1.165, 1.54) is 13.1 Å². The highest BCUT2D eigenvalue weighted by molar-refractivity contribution is 7.11. The van der Waals surface area contributed by atoms with E-state index >= 15 is 0 Å². The van der Waals surface area contributed by atoms with Crippen LogP contribution in [-0.2, 0) is 24.0 Å². The number of nitrogens with zero attached hydrogens (tertiary/aromatic N) is 1. The first kappa shape index (κ1) is 35.1. The molecule has 9 N–H and O–H groups in total. The van der Waals surface area contributed by atoms with E-state index in [0.29, 0.717) is 25.8 Å². The number of thiazole rings is 1. The van der Waals surface area contributed by atoms with Crippen LogP contribution in [0.2, 0.25) is 0 Å². The first-order chi connectivity index (χ1) is 20.4. The molecule has 0 unspecified atom stereocenters. The van der Waals surface area contributed by atoms with Gasteiger partial charge in [0, 0.05) is 31.6 Å². The number of rotatable bonds is 11. The maximum Gasteiger partial charge on any atom is 0.243 e. The number of guanidine groups is 1. The van der Waals surface area contributed by atoms with Crippen molar-refractivity contribution in [3.8, 4) is 0 Å². The topological polar surface area (TPSA) is 237 Å². The standard InChI is InChI=1S/C27H43N9O6S/c1-15(2)13-19-24(41)35-18(7-4-5-9-30-21(38)14-20(25(42)36-19)33-16(3)37)23(40)34-17(8-6-10-32-27(28)29)22(39)26-31-11-12-43-26/h11-12,15,17-20H,4-10,13-14H2,1-3H3,(H,30,38)(H,33,37)(H,34,40)(H,35,41)(H,36,42)(H4,28,29,32)/t17-,18-,19-,20-/m0/s1. The van der Waals surface area contributed by atoms with E-state index < -0.39 is 53.7 Å². The summed E-state index contributed by atoms with van der Waals surface area (Å²) < 4.78 is 0. The van der Waals surface area contributed by atoms with Crippen LogP contribution in [0.5, 0.6) is 0 Å². The summed E-state index contributed by atoms with van der Waals surface area (Å²) in [6.45, 7) is 5.53. The molecule has 1 aliphatic rings. The van der Waals surface area contributed by atoms with E-state index in [1.54, 1.807) is 5.38 Å². The molecule has 1 saturated heterocycles. The number of carbonyl (C=O) groups is 6. The predicted octanol–water partition coefficient (Wildman–Crippen LogP) is -0.716. The minimum absolute atomic E-state index is 0.0198. The molecule has 43 heavy (non-hydrogen) atoms. The zero-order chi connectivity index (χ0) is 31.9. The summed E-state index contributed by atoms with van der Waals surface area (Å²) in [6, 6.07) is -4.21. The van der Waals surface area contributed by atoms with Gasteiger partial charge in [-0.25, -0.2) is 4.98 Å². The lowest BCUT2D eigenvalue weighted by atomic mass is 10.00. The van der Waals surface area contributed by atoms with Gasteiger partial charge >= 0.3 is 0 Å². The van der Waals surface area contributed by atoms with E-state index in [1.807, 2.05) is 13.8 Å². The highest BCUT2D eigenvalue weighted by atomic mass is 32.1. The number of nitrogens with one attached hydrogen (secondary N) is 7. The van der Waals surface area contributed by atoms with Crippen molar-refractivity contribution in [1.82, 2.24) is 36.9 Å². The first-order valence-corrected chi connectivity index (χ1v) is 15.2. The fourth-order valence-electron chi connectivity index (χ4n) is 4.49. The van der Waals surface area contributed by atoms with Gasteiger partial charge < -0.3 is 37.6 Å². The van der Waals surface area contributed by atoms with Crippen LogP contribution in [0.25, 0.3) is 0 Å². The van der Waals surface area contributed by atoms with E-state index in [4.69, 9.17) is 11.1 Å². The molecule has 0 bridgehead atoms. The van der Waals surface area contributed by atoms with Gasteiger partial charge in [0.2, 0.25) is 35.3 Å². The molecule has 1 aromatic rings. The third-order valence-corrected chi connectivity index (χ3v) is 7.35. The van der Waals surface area contributed by atoms with E-state index in [2.05, 4.69) is 36.9 Å². The molecular weight excluding hydrogens is 578 g/mol. The van der Waals surface area contributed by atoms with Crippen LogP contribution in [0.15, 0.2) is 11.6 Å². The molecule has 1 aromatic heterocycles. The average molecular weight is 622 g/mol. The van der Waals surface area contributed by atoms with Gasteiger partial charge in [-0.05, 0) is 44.4 Å². The van der Waals surface area contributed by atoms with Crippen molar-refractivity contribution in [3.05, 3.63) is 16.6 Å². The average Bonchev–Trinajstić information content (AvgIpc) is 3.46. The molecule has 1 aliphatic heterocycles. The van der Waals surface area contributed by atoms with Crippen molar-refractivity contribution in [2.24, 2.45) is 11.7 Å². The lowest BCUT2D eigenvalue weighted by molar-refractivity contribution is -0.135. The number of carbonyl (C=O) groups excluding carboxylic acids is 6. The van der Waals surface area contributed by atoms with E-state index in [0.717, 1.165) is 11.3 Å². The number of aromatic nitrogens is 1. The van der Waals surface area contributed by atoms with Crippen molar-refractivity contribution >= 4 is 52.6 Å². The fourth-order valence-corrected chi connectivity index (χ4v) is 5.13. The Kier molecular flexibility index (Phi) is 14.5. The number of ketones is 1. The summed E-state index contributed by atoms with van der Waals surface area (Å²) >= 11 is 1.14. The van der Waals surface area contributed by atoms with Crippen LogP contribution >= 0.6 is 11.3 Å². The fraction of sp³-hybridized carbons (Fsp3) is 0.630. The highest BCUT2D eigenvalue weighted by Crippen LogP contribution is 2.13. The van der Waals surface area contributed by atoms with Crippen molar-refractivity contribution in [1.29, 1.82) is 5.41 Å². The summed E-state index contributed by atoms with van der Waals surface area (Å²) in [5.74, 6) is -3.43. The summed E-state index contributed by atoms with van der Waals surface area (Å²) in [7, 11) is 0.